The average Bonchev–Trinajstić information content (AvgIpc) is 2.34. The number of hydrogen-bond donors (Lipinski definition) is 1. The number of carbonyl (C=O) groups is 1. The first-order valence-corrected chi connectivity index (χ1v) is 8.49. The standard InChI is InChI=1S/C19H27NO2/c1-12(2)15-8-14(9-16(13(3)4)17(15)21)18(22)20-10-19(11-20)6-5-7-19/h8-9,12-13,21H,5-7,10-11H2,1-4H3. The first kappa shape index (κ1) is 15.4. The van der Waals surface area contributed by atoms with E-state index in [-0.39, 0.29) is 17.7 Å². The number of rotatable bonds is 3. The highest BCUT2D eigenvalue weighted by molar-refractivity contribution is 5.95. The van der Waals surface area contributed by atoms with E-state index in [0.29, 0.717) is 11.2 Å². The molecular weight excluding hydrogens is 274 g/mol. The predicted molar refractivity (Wildman–Crippen MR) is 88.5 cm³/mol. The number of nitrogens with zero attached hydrogens (tertiary/aromatic N) is 1. The monoisotopic (exact) mass is 301 g/mol. The van der Waals surface area contributed by atoms with Gasteiger partial charge in [0, 0.05) is 24.1 Å². The zero-order valence-electron chi connectivity index (χ0n) is 14.1. The molecule has 0 radical (unpaired) electrons. The Bertz CT molecular complexity index is 562. The van der Waals surface area contributed by atoms with Gasteiger partial charge in [-0.3, -0.25) is 4.79 Å². The molecule has 2 aliphatic rings. The second kappa shape index (κ2) is 5.29. The van der Waals surface area contributed by atoms with Crippen LogP contribution in [0.2, 0.25) is 0 Å². The summed E-state index contributed by atoms with van der Waals surface area (Å²) >= 11 is 0. The molecule has 3 rings (SSSR count). The van der Waals surface area contributed by atoms with Crippen molar-refractivity contribution >= 4 is 5.91 Å². The molecule has 1 saturated heterocycles. The molecular formula is C19H27NO2. The van der Waals surface area contributed by atoms with Crippen molar-refractivity contribution < 1.29 is 9.90 Å². The van der Waals surface area contributed by atoms with Gasteiger partial charge in [-0.1, -0.05) is 34.1 Å². The quantitative estimate of drug-likeness (QED) is 0.906. The number of phenols is 1. The molecule has 1 heterocycles. The van der Waals surface area contributed by atoms with Crippen molar-refractivity contribution in [3.63, 3.8) is 0 Å². The first-order chi connectivity index (χ1) is 10.3. The molecule has 1 N–H and O–H groups in total. The molecule has 1 aliphatic carbocycles. The van der Waals surface area contributed by atoms with E-state index in [2.05, 4.69) is 27.7 Å². The molecule has 1 amide bonds. The van der Waals surface area contributed by atoms with Gasteiger partial charge in [0.05, 0.1) is 0 Å². The molecule has 3 nitrogen and oxygen atoms in total. The Morgan fingerprint density at radius 1 is 1.09 bits per heavy atom. The number of aromatic hydroxyl groups is 1. The van der Waals surface area contributed by atoms with Crippen molar-refractivity contribution in [2.75, 3.05) is 13.1 Å². The molecule has 1 saturated carbocycles. The lowest BCUT2D eigenvalue weighted by Crippen LogP contribution is -2.61. The van der Waals surface area contributed by atoms with Crippen LogP contribution in [0.15, 0.2) is 12.1 Å². The second-order valence-electron chi connectivity index (χ2n) is 7.83. The van der Waals surface area contributed by atoms with Gasteiger partial charge in [0.2, 0.25) is 0 Å². The largest absolute Gasteiger partial charge is 0.507 e. The molecule has 0 unspecified atom stereocenters. The van der Waals surface area contributed by atoms with Crippen molar-refractivity contribution in [3.8, 4) is 5.75 Å². The van der Waals surface area contributed by atoms with Crippen molar-refractivity contribution in [1.29, 1.82) is 0 Å². The Morgan fingerprint density at radius 2 is 1.59 bits per heavy atom. The minimum Gasteiger partial charge on any atom is -0.507 e. The lowest BCUT2D eigenvalue weighted by molar-refractivity contribution is -0.0426. The smallest absolute Gasteiger partial charge is 0.253 e. The Morgan fingerprint density at radius 3 is 1.95 bits per heavy atom. The summed E-state index contributed by atoms with van der Waals surface area (Å²) in [5.74, 6) is 0.904. The molecule has 3 heteroatoms. The van der Waals surface area contributed by atoms with Crippen LogP contribution in [0.25, 0.3) is 0 Å². The molecule has 1 spiro atoms. The zero-order chi connectivity index (χ0) is 16.1. The lowest BCUT2D eigenvalue weighted by Gasteiger charge is -2.55. The van der Waals surface area contributed by atoms with E-state index in [1.165, 1.54) is 19.3 Å². The van der Waals surface area contributed by atoms with Gasteiger partial charge >= 0.3 is 0 Å². The average molecular weight is 301 g/mol. The van der Waals surface area contributed by atoms with E-state index in [1.807, 2.05) is 17.0 Å². The van der Waals surface area contributed by atoms with Crippen molar-refractivity contribution in [1.82, 2.24) is 4.90 Å². The van der Waals surface area contributed by atoms with Gasteiger partial charge in [0.1, 0.15) is 5.75 Å². The summed E-state index contributed by atoms with van der Waals surface area (Å²) < 4.78 is 0. The minimum atomic E-state index is 0.126. The SMILES string of the molecule is CC(C)c1cc(C(=O)N2CC3(CCC3)C2)cc(C(C)C)c1O. The van der Waals surface area contributed by atoms with Crippen LogP contribution in [0.4, 0.5) is 0 Å². The minimum absolute atomic E-state index is 0.126. The van der Waals surface area contributed by atoms with Gasteiger partial charge in [-0.05, 0) is 47.9 Å². The van der Waals surface area contributed by atoms with Gasteiger partial charge in [-0.2, -0.15) is 0 Å². The van der Waals surface area contributed by atoms with Crippen LogP contribution in [0.1, 0.15) is 80.3 Å². The summed E-state index contributed by atoms with van der Waals surface area (Å²) in [5, 5.41) is 10.5. The number of amides is 1. The number of benzene rings is 1. The lowest BCUT2D eigenvalue weighted by atomic mass is 9.63. The van der Waals surface area contributed by atoms with E-state index in [9.17, 15) is 9.90 Å². The van der Waals surface area contributed by atoms with Crippen LogP contribution >= 0.6 is 0 Å². The zero-order valence-corrected chi connectivity index (χ0v) is 14.1. The third-order valence-corrected chi connectivity index (χ3v) is 5.41. The number of likely N-dealkylation sites (tertiary alicyclic amines) is 1. The first-order valence-electron chi connectivity index (χ1n) is 8.49. The normalized spacial score (nSPS) is 19.5. The number of carbonyl (C=O) groups excluding carboxylic acids is 1. The Kier molecular flexibility index (Phi) is 3.70. The van der Waals surface area contributed by atoms with E-state index in [0.717, 1.165) is 29.8 Å². The van der Waals surface area contributed by atoms with Crippen LogP contribution in [0.5, 0.6) is 5.75 Å². The molecule has 1 aromatic rings. The van der Waals surface area contributed by atoms with E-state index < -0.39 is 0 Å². The summed E-state index contributed by atoms with van der Waals surface area (Å²) in [6, 6.07) is 3.78. The third-order valence-electron chi connectivity index (χ3n) is 5.41. The topological polar surface area (TPSA) is 40.5 Å². The van der Waals surface area contributed by atoms with Crippen LogP contribution in [-0.2, 0) is 0 Å². The maximum atomic E-state index is 12.8. The fourth-order valence-corrected chi connectivity index (χ4v) is 3.77. The van der Waals surface area contributed by atoms with Gasteiger partial charge in [0.25, 0.3) is 5.91 Å². The molecule has 1 aliphatic heterocycles. The van der Waals surface area contributed by atoms with Crippen molar-refractivity contribution in [2.24, 2.45) is 5.41 Å². The van der Waals surface area contributed by atoms with E-state index in [4.69, 9.17) is 0 Å². The van der Waals surface area contributed by atoms with E-state index in [1.54, 1.807) is 0 Å². The highest BCUT2D eigenvalue weighted by atomic mass is 16.3. The van der Waals surface area contributed by atoms with Crippen LogP contribution < -0.4 is 0 Å². The van der Waals surface area contributed by atoms with Gasteiger partial charge in [-0.15, -0.1) is 0 Å². The van der Waals surface area contributed by atoms with Gasteiger partial charge < -0.3 is 10.0 Å². The fraction of sp³-hybridized carbons (Fsp3) is 0.632. The molecule has 0 aromatic heterocycles. The second-order valence-corrected chi connectivity index (χ2v) is 7.83. The Labute approximate surface area is 133 Å². The van der Waals surface area contributed by atoms with Crippen LogP contribution in [0.3, 0.4) is 0 Å². The summed E-state index contributed by atoms with van der Waals surface area (Å²) in [4.78, 5) is 14.7. The Balaban J connectivity index is 1.88. The third kappa shape index (κ3) is 2.41. The maximum Gasteiger partial charge on any atom is 0.253 e. The highest BCUT2D eigenvalue weighted by Crippen LogP contribution is 2.48. The molecule has 0 bridgehead atoms. The van der Waals surface area contributed by atoms with Crippen molar-refractivity contribution in [2.45, 2.75) is 58.8 Å². The van der Waals surface area contributed by atoms with Crippen LogP contribution in [0, 0.1) is 5.41 Å². The van der Waals surface area contributed by atoms with E-state index >= 15 is 0 Å². The summed E-state index contributed by atoms with van der Waals surface area (Å²) in [6.07, 6.45) is 3.87. The molecule has 22 heavy (non-hydrogen) atoms. The van der Waals surface area contributed by atoms with Crippen LogP contribution in [-0.4, -0.2) is 29.0 Å². The van der Waals surface area contributed by atoms with Gasteiger partial charge in [-0.25, -0.2) is 0 Å². The molecule has 1 aromatic carbocycles. The molecule has 0 atom stereocenters. The summed E-state index contributed by atoms with van der Waals surface area (Å²) in [6.45, 7) is 10.1. The number of hydrogen-bond acceptors (Lipinski definition) is 2. The Hall–Kier alpha value is -1.51. The van der Waals surface area contributed by atoms with Crippen molar-refractivity contribution in [3.05, 3.63) is 28.8 Å². The number of phenolic OH excluding ortho intramolecular Hbond substituents is 1. The highest BCUT2D eigenvalue weighted by Gasteiger charge is 2.49. The predicted octanol–water partition coefficient (Wildman–Crippen LogP) is 4.27. The molecule has 120 valence electrons. The molecule has 2 fully saturated rings. The van der Waals surface area contributed by atoms with Gasteiger partial charge in [0.15, 0.2) is 0 Å². The fourth-order valence-electron chi connectivity index (χ4n) is 3.77. The maximum absolute atomic E-state index is 12.8. The summed E-state index contributed by atoms with van der Waals surface area (Å²) in [5.41, 5.74) is 2.95. The summed E-state index contributed by atoms with van der Waals surface area (Å²) in [7, 11) is 0.